The summed E-state index contributed by atoms with van der Waals surface area (Å²) < 4.78 is 1.86. The lowest BCUT2D eigenvalue weighted by Crippen LogP contribution is -2.07. The Balaban J connectivity index is 2.02. The zero-order valence-electron chi connectivity index (χ0n) is 10.9. The van der Waals surface area contributed by atoms with Crippen LogP contribution in [0, 0.1) is 13.8 Å². The van der Waals surface area contributed by atoms with Crippen LogP contribution >= 0.6 is 11.8 Å². The van der Waals surface area contributed by atoms with Crippen LogP contribution in [-0.2, 0) is 7.05 Å². The monoisotopic (exact) mass is 259 g/mol. The molecular formula is C15H17NOS. The van der Waals surface area contributed by atoms with E-state index in [-0.39, 0.29) is 5.78 Å². The fourth-order valence-electron chi connectivity index (χ4n) is 1.78. The predicted octanol–water partition coefficient (Wildman–Crippen LogP) is 3.62. The zero-order valence-corrected chi connectivity index (χ0v) is 11.8. The quantitative estimate of drug-likeness (QED) is 0.618. The van der Waals surface area contributed by atoms with Crippen molar-refractivity contribution in [1.82, 2.24) is 4.57 Å². The lowest BCUT2D eigenvalue weighted by Gasteiger charge is -2.05. The number of thioether (sulfide) groups is 1. The van der Waals surface area contributed by atoms with Gasteiger partial charge in [0.1, 0.15) is 0 Å². The lowest BCUT2D eigenvalue weighted by atomic mass is 10.1. The summed E-state index contributed by atoms with van der Waals surface area (Å²) >= 11 is 1.60. The molecule has 2 nitrogen and oxygen atoms in total. The summed E-state index contributed by atoms with van der Waals surface area (Å²) in [6.07, 6.45) is 1.90. The van der Waals surface area contributed by atoms with Crippen LogP contribution in [0.4, 0.5) is 0 Å². The van der Waals surface area contributed by atoms with Gasteiger partial charge in [0.15, 0.2) is 5.78 Å². The van der Waals surface area contributed by atoms with Crippen molar-refractivity contribution in [3.05, 3.63) is 53.3 Å². The summed E-state index contributed by atoms with van der Waals surface area (Å²) in [5.41, 5.74) is 3.32. The van der Waals surface area contributed by atoms with E-state index in [0.717, 1.165) is 10.6 Å². The molecule has 2 rings (SSSR count). The lowest BCUT2D eigenvalue weighted by molar-refractivity contribution is 0.101. The maximum atomic E-state index is 12.0. The van der Waals surface area contributed by atoms with Crippen LogP contribution in [-0.4, -0.2) is 16.1 Å². The molecule has 0 spiro atoms. The van der Waals surface area contributed by atoms with E-state index >= 15 is 0 Å². The molecule has 94 valence electrons. The number of hydrogen-bond donors (Lipinski definition) is 0. The van der Waals surface area contributed by atoms with Crippen LogP contribution in [0.15, 0.2) is 41.4 Å². The number of benzene rings is 1. The SMILES string of the molecule is Cc1ccc(SCC(=O)c2cccn2C)cc1C. The summed E-state index contributed by atoms with van der Waals surface area (Å²) in [6, 6.07) is 10.1. The van der Waals surface area contributed by atoms with E-state index in [4.69, 9.17) is 0 Å². The van der Waals surface area contributed by atoms with E-state index in [2.05, 4.69) is 32.0 Å². The molecule has 0 N–H and O–H groups in total. The van der Waals surface area contributed by atoms with Gasteiger partial charge >= 0.3 is 0 Å². The molecule has 0 aliphatic heterocycles. The normalized spacial score (nSPS) is 10.6. The number of ketones is 1. The van der Waals surface area contributed by atoms with Crippen molar-refractivity contribution in [2.45, 2.75) is 18.7 Å². The van der Waals surface area contributed by atoms with E-state index in [1.54, 1.807) is 11.8 Å². The summed E-state index contributed by atoms with van der Waals surface area (Å²) in [5.74, 6) is 0.658. The van der Waals surface area contributed by atoms with Gasteiger partial charge in [-0.25, -0.2) is 0 Å². The second-order valence-electron chi connectivity index (χ2n) is 4.46. The third-order valence-corrected chi connectivity index (χ3v) is 4.07. The number of aromatic nitrogens is 1. The average Bonchev–Trinajstić information content (AvgIpc) is 2.77. The Morgan fingerprint density at radius 2 is 2.00 bits per heavy atom. The smallest absolute Gasteiger partial charge is 0.189 e. The molecule has 0 atom stereocenters. The highest BCUT2D eigenvalue weighted by Gasteiger charge is 2.09. The average molecular weight is 259 g/mol. The van der Waals surface area contributed by atoms with Crippen molar-refractivity contribution in [2.24, 2.45) is 7.05 Å². The van der Waals surface area contributed by atoms with Crippen molar-refractivity contribution in [3.63, 3.8) is 0 Å². The van der Waals surface area contributed by atoms with Crippen LogP contribution in [0.3, 0.4) is 0 Å². The van der Waals surface area contributed by atoms with Gasteiger partial charge in [0.05, 0.1) is 11.4 Å². The van der Waals surface area contributed by atoms with Crippen molar-refractivity contribution in [2.75, 3.05) is 5.75 Å². The molecule has 2 aromatic rings. The van der Waals surface area contributed by atoms with Crippen LogP contribution in [0.1, 0.15) is 21.6 Å². The molecular weight excluding hydrogens is 242 g/mol. The molecule has 0 radical (unpaired) electrons. The second-order valence-corrected chi connectivity index (χ2v) is 5.51. The number of nitrogens with zero attached hydrogens (tertiary/aromatic N) is 1. The van der Waals surface area contributed by atoms with Crippen molar-refractivity contribution >= 4 is 17.5 Å². The molecule has 0 aliphatic carbocycles. The van der Waals surface area contributed by atoms with Gasteiger partial charge < -0.3 is 4.57 Å². The van der Waals surface area contributed by atoms with Crippen molar-refractivity contribution < 1.29 is 4.79 Å². The van der Waals surface area contributed by atoms with E-state index in [1.165, 1.54) is 11.1 Å². The van der Waals surface area contributed by atoms with Crippen LogP contribution in [0.2, 0.25) is 0 Å². The largest absolute Gasteiger partial charge is 0.348 e. The van der Waals surface area contributed by atoms with Gasteiger partial charge in [-0.1, -0.05) is 6.07 Å². The van der Waals surface area contributed by atoms with Gasteiger partial charge in [-0.15, -0.1) is 11.8 Å². The third kappa shape index (κ3) is 2.85. The molecule has 1 heterocycles. The van der Waals surface area contributed by atoms with E-state index in [9.17, 15) is 4.79 Å². The standard InChI is InChI=1S/C15H17NOS/c1-11-6-7-13(9-12(11)2)18-10-15(17)14-5-4-8-16(14)3/h4-9H,10H2,1-3H3. The Bertz CT molecular complexity index is 572. The molecule has 1 aromatic carbocycles. The molecule has 0 fully saturated rings. The minimum absolute atomic E-state index is 0.172. The maximum absolute atomic E-state index is 12.0. The topological polar surface area (TPSA) is 22.0 Å². The third-order valence-electron chi connectivity index (χ3n) is 3.08. The Labute approximate surface area is 112 Å². The predicted molar refractivity (Wildman–Crippen MR) is 76.4 cm³/mol. The van der Waals surface area contributed by atoms with Gasteiger partial charge in [0.2, 0.25) is 0 Å². The van der Waals surface area contributed by atoms with Crippen LogP contribution < -0.4 is 0 Å². The Kier molecular flexibility index (Phi) is 3.92. The molecule has 1 aromatic heterocycles. The van der Waals surface area contributed by atoms with E-state index in [1.807, 2.05) is 29.9 Å². The summed E-state index contributed by atoms with van der Waals surface area (Å²) in [6.45, 7) is 4.19. The summed E-state index contributed by atoms with van der Waals surface area (Å²) in [7, 11) is 1.90. The van der Waals surface area contributed by atoms with Crippen LogP contribution in [0.5, 0.6) is 0 Å². The Morgan fingerprint density at radius 1 is 1.22 bits per heavy atom. The molecule has 0 unspecified atom stereocenters. The zero-order chi connectivity index (χ0) is 13.1. The minimum Gasteiger partial charge on any atom is -0.348 e. The second kappa shape index (κ2) is 5.44. The van der Waals surface area contributed by atoms with Gasteiger partial charge in [-0.3, -0.25) is 4.79 Å². The van der Waals surface area contributed by atoms with Crippen molar-refractivity contribution in [1.29, 1.82) is 0 Å². The molecule has 0 saturated heterocycles. The number of carbonyl (C=O) groups excluding carboxylic acids is 1. The van der Waals surface area contributed by atoms with Gasteiger partial charge in [-0.2, -0.15) is 0 Å². The Hall–Kier alpha value is -1.48. The van der Waals surface area contributed by atoms with Gasteiger partial charge in [-0.05, 0) is 49.2 Å². The summed E-state index contributed by atoms with van der Waals surface area (Å²) in [5, 5.41) is 0. The van der Waals surface area contributed by atoms with Gasteiger partial charge in [0, 0.05) is 18.1 Å². The fraction of sp³-hybridized carbons (Fsp3) is 0.267. The highest BCUT2D eigenvalue weighted by molar-refractivity contribution is 8.00. The first-order valence-corrected chi connectivity index (χ1v) is 6.91. The number of hydrogen-bond acceptors (Lipinski definition) is 2. The number of Topliss-reactive ketones (excluding diaryl/α,β-unsaturated/α-hetero) is 1. The van der Waals surface area contributed by atoms with Crippen LogP contribution in [0.25, 0.3) is 0 Å². The first kappa shape index (κ1) is 13.0. The molecule has 18 heavy (non-hydrogen) atoms. The maximum Gasteiger partial charge on any atom is 0.189 e. The summed E-state index contributed by atoms with van der Waals surface area (Å²) in [4.78, 5) is 13.2. The fourth-order valence-corrected chi connectivity index (χ4v) is 2.65. The molecule has 0 aliphatic rings. The Morgan fingerprint density at radius 3 is 2.61 bits per heavy atom. The minimum atomic E-state index is 0.172. The number of rotatable bonds is 4. The first-order valence-electron chi connectivity index (χ1n) is 5.92. The highest BCUT2D eigenvalue weighted by Crippen LogP contribution is 2.22. The van der Waals surface area contributed by atoms with E-state index < -0.39 is 0 Å². The molecule has 0 bridgehead atoms. The number of carbonyl (C=O) groups is 1. The van der Waals surface area contributed by atoms with Gasteiger partial charge in [0.25, 0.3) is 0 Å². The van der Waals surface area contributed by atoms with E-state index in [0.29, 0.717) is 5.75 Å². The number of aryl methyl sites for hydroxylation is 3. The highest BCUT2D eigenvalue weighted by atomic mass is 32.2. The molecule has 3 heteroatoms. The molecule has 0 amide bonds. The first-order chi connectivity index (χ1) is 8.58. The molecule has 0 saturated carbocycles. The van der Waals surface area contributed by atoms with Crippen molar-refractivity contribution in [3.8, 4) is 0 Å².